The Kier molecular flexibility index (Phi) is 1.53. The lowest BCUT2D eigenvalue weighted by Gasteiger charge is -2.13. The zero-order valence-corrected chi connectivity index (χ0v) is 7.42. The molecule has 0 saturated heterocycles. The van der Waals surface area contributed by atoms with Crippen LogP contribution in [0.25, 0.3) is 0 Å². The molecule has 0 radical (unpaired) electrons. The molecule has 0 heterocycles. The Morgan fingerprint density at radius 3 is 2.83 bits per heavy atom. The van der Waals surface area contributed by atoms with E-state index in [1.165, 1.54) is 11.1 Å². The molecule has 12 heavy (non-hydrogen) atoms. The maximum Gasteiger partial charge on any atom is 0.169 e. The Hall–Kier alpha value is -1.11. The van der Waals surface area contributed by atoms with Gasteiger partial charge in [0.05, 0.1) is 5.92 Å². The largest absolute Gasteiger partial charge is 0.294 e. The van der Waals surface area contributed by atoms with Gasteiger partial charge in [-0.1, -0.05) is 23.8 Å². The summed E-state index contributed by atoms with van der Waals surface area (Å²) in [5.74, 6) is 0.332. The minimum Gasteiger partial charge on any atom is -0.294 e. The van der Waals surface area contributed by atoms with Crippen molar-refractivity contribution in [3.63, 3.8) is 0 Å². The lowest BCUT2D eigenvalue weighted by atomic mass is 9.90. The van der Waals surface area contributed by atoms with Gasteiger partial charge in [0.25, 0.3) is 0 Å². The van der Waals surface area contributed by atoms with Crippen molar-refractivity contribution in [3.05, 3.63) is 34.9 Å². The molecule has 2 aliphatic carbocycles. The highest BCUT2D eigenvalue weighted by Crippen LogP contribution is 2.34. The Bertz CT molecular complexity index is 329. The Morgan fingerprint density at radius 2 is 2.17 bits per heavy atom. The molecular weight excluding hydrogens is 148 g/mol. The zero-order chi connectivity index (χ0) is 8.72. The highest BCUT2D eigenvalue weighted by Gasteiger charge is 2.29. The van der Waals surface area contributed by atoms with Gasteiger partial charge < -0.3 is 0 Å². The third kappa shape index (κ3) is 0.893. The first-order valence-electron chi connectivity index (χ1n) is 4.29. The topological polar surface area (TPSA) is 17.1 Å². The molecule has 0 aromatic rings. The number of hydrogen-bond donors (Lipinski definition) is 0. The van der Waals surface area contributed by atoms with Crippen LogP contribution >= 0.6 is 0 Å². The maximum atomic E-state index is 11.5. The van der Waals surface area contributed by atoms with Crippen LogP contribution in [0.1, 0.15) is 20.3 Å². The van der Waals surface area contributed by atoms with Crippen molar-refractivity contribution in [1.82, 2.24) is 0 Å². The third-order valence-electron chi connectivity index (χ3n) is 2.62. The Morgan fingerprint density at radius 1 is 1.42 bits per heavy atom. The van der Waals surface area contributed by atoms with Gasteiger partial charge >= 0.3 is 0 Å². The van der Waals surface area contributed by atoms with Crippen LogP contribution in [-0.2, 0) is 4.79 Å². The summed E-state index contributed by atoms with van der Waals surface area (Å²) in [5.41, 5.74) is 3.48. The summed E-state index contributed by atoms with van der Waals surface area (Å²) >= 11 is 0. The van der Waals surface area contributed by atoms with E-state index >= 15 is 0 Å². The highest BCUT2D eigenvalue weighted by atomic mass is 16.1. The van der Waals surface area contributed by atoms with Gasteiger partial charge in [-0.2, -0.15) is 0 Å². The number of rotatable bonds is 0. The average Bonchev–Trinajstić information content (AvgIpc) is 2.32. The van der Waals surface area contributed by atoms with E-state index in [9.17, 15) is 4.79 Å². The number of ketones is 1. The van der Waals surface area contributed by atoms with Crippen molar-refractivity contribution in [2.75, 3.05) is 0 Å². The molecule has 0 unspecified atom stereocenters. The molecule has 62 valence electrons. The summed E-state index contributed by atoms with van der Waals surface area (Å²) in [6.45, 7) is 4.00. The predicted octanol–water partition coefficient (Wildman–Crippen LogP) is 2.41. The van der Waals surface area contributed by atoms with Gasteiger partial charge in [0, 0.05) is 0 Å². The molecule has 0 aliphatic heterocycles. The van der Waals surface area contributed by atoms with Gasteiger partial charge in [-0.25, -0.2) is 0 Å². The molecule has 0 fully saturated rings. The lowest BCUT2D eigenvalue weighted by Crippen LogP contribution is -2.10. The monoisotopic (exact) mass is 160 g/mol. The van der Waals surface area contributed by atoms with Gasteiger partial charge in [-0.05, 0) is 31.4 Å². The van der Waals surface area contributed by atoms with Crippen LogP contribution in [0.3, 0.4) is 0 Å². The van der Waals surface area contributed by atoms with Crippen molar-refractivity contribution >= 4 is 5.78 Å². The molecule has 1 atom stereocenters. The molecule has 0 amide bonds. The van der Waals surface area contributed by atoms with Crippen molar-refractivity contribution in [2.45, 2.75) is 20.3 Å². The third-order valence-corrected chi connectivity index (χ3v) is 2.62. The lowest BCUT2D eigenvalue weighted by molar-refractivity contribution is -0.116. The van der Waals surface area contributed by atoms with E-state index in [0.717, 1.165) is 12.0 Å². The number of hydrogen-bond acceptors (Lipinski definition) is 1. The molecule has 0 bridgehead atoms. The molecule has 0 saturated carbocycles. The Labute approximate surface area is 72.5 Å². The van der Waals surface area contributed by atoms with Crippen molar-refractivity contribution in [3.8, 4) is 0 Å². The smallest absolute Gasteiger partial charge is 0.169 e. The van der Waals surface area contributed by atoms with Crippen molar-refractivity contribution in [2.24, 2.45) is 5.92 Å². The molecular formula is C11H12O. The fourth-order valence-corrected chi connectivity index (χ4v) is 1.86. The standard InChI is InChI=1S/C11H12O/c1-7-4-3-5-9-10(7)6-8(2)11(9)12/h3,5-6,9H,4H2,1-2H3/t9-/m0/s1. The van der Waals surface area contributed by atoms with Crippen LogP contribution in [0.2, 0.25) is 0 Å². The van der Waals surface area contributed by atoms with E-state index in [2.05, 4.69) is 13.0 Å². The normalized spacial score (nSPS) is 27.7. The van der Waals surface area contributed by atoms with Gasteiger partial charge in [-0.15, -0.1) is 0 Å². The van der Waals surface area contributed by atoms with Crippen LogP contribution in [0.4, 0.5) is 0 Å². The second kappa shape index (κ2) is 2.44. The zero-order valence-electron chi connectivity index (χ0n) is 7.42. The first-order chi connectivity index (χ1) is 5.70. The Balaban J connectivity index is 2.49. The number of carbonyl (C=O) groups is 1. The van der Waals surface area contributed by atoms with Gasteiger partial charge in [0.15, 0.2) is 5.78 Å². The summed E-state index contributed by atoms with van der Waals surface area (Å²) < 4.78 is 0. The fourth-order valence-electron chi connectivity index (χ4n) is 1.86. The van der Waals surface area contributed by atoms with Gasteiger partial charge in [0.1, 0.15) is 0 Å². The summed E-state index contributed by atoms with van der Waals surface area (Å²) in [6, 6.07) is 0. The molecule has 0 aromatic heterocycles. The summed E-state index contributed by atoms with van der Waals surface area (Å²) in [5, 5.41) is 0. The second-order valence-corrected chi connectivity index (χ2v) is 3.54. The molecule has 0 N–H and O–H groups in total. The fraction of sp³-hybridized carbons (Fsp3) is 0.364. The molecule has 0 spiro atoms. The average molecular weight is 160 g/mol. The van der Waals surface area contributed by atoms with E-state index in [-0.39, 0.29) is 11.7 Å². The first-order valence-corrected chi connectivity index (χ1v) is 4.29. The molecule has 1 nitrogen and oxygen atoms in total. The van der Waals surface area contributed by atoms with E-state index in [1.54, 1.807) is 0 Å². The quantitative estimate of drug-likeness (QED) is 0.497. The summed E-state index contributed by atoms with van der Waals surface area (Å²) in [4.78, 5) is 11.5. The number of fused-ring (bicyclic) bond motifs is 1. The van der Waals surface area contributed by atoms with Crippen LogP contribution < -0.4 is 0 Å². The van der Waals surface area contributed by atoms with Crippen LogP contribution in [0.5, 0.6) is 0 Å². The van der Waals surface area contributed by atoms with Crippen LogP contribution in [0, 0.1) is 5.92 Å². The van der Waals surface area contributed by atoms with E-state index in [4.69, 9.17) is 0 Å². The van der Waals surface area contributed by atoms with E-state index in [1.807, 2.05) is 19.1 Å². The second-order valence-electron chi connectivity index (χ2n) is 3.54. The molecule has 2 rings (SSSR count). The summed E-state index contributed by atoms with van der Waals surface area (Å²) in [7, 11) is 0. The number of allylic oxidation sites excluding steroid dienone is 6. The first kappa shape index (κ1) is 7.53. The van der Waals surface area contributed by atoms with Gasteiger partial charge in [0.2, 0.25) is 0 Å². The van der Waals surface area contributed by atoms with Crippen LogP contribution in [-0.4, -0.2) is 5.78 Å². The molecule has 1 heteroatoms. The summed E-state index contributed by atoms with van der Waals surface area (Å²) in [6.07, 6.45) is 7.15. The van der Waals surface area contributed by atoms with Crippen molar-refractivity contribution < 1.29 is 4.79 Å². The molecule has 0 aromatic carbocycles. The van der Waals surface area contributed by atoms with E-state index in [0.29, 0.717) is 0 Å². The molecule has 2 aliphatic rings. The minimum absolute atomic E-state index is 0.0544. The predicted molar refractivity (Wildman–Crippen MR) is 48.7 cm³/mol. The van der Waals surface area contributed by atoms with Gasteiger partial charge in [-0.3, -0.25) is 4.79 Å². The number of Topliss-reactive ketones (excluding diaryl/α,β-unsaturated/α-hetero) is 1. The maximum absolute atomic E-state index is 11.5. The van der Waals surface area contributed by atoms with Crippen molar-refractivity contribution in [1.29, 1.82) is 0 Å². The highest BCUT2D eigenvalue weighted by molar-refractivity contribution is 6.04. The van der Waals surface area contributed by atoms with Crippen LogP contribution in [0.15, 0.2) is 34.9 Å². The SMILES string of the molecule is CC1=CC2=C(C)CC=C[C@@H]2C1=O. The number of carbonyl (C=O) groups excluding carboxylic acids is 1. The minimum atomic E-state index is 0.0544. The van der Waals surface area contributed by atoms with E-state index < -0.39 is 0 Å².